The van der Waals surface area contributed by atoms with E-state index in [-0.39, 0.29) is 11.5 Å². The molecular formula is C17H22N4O2. The van der Waals surface area contributed by atoms with Crippen LogP contribution in [0.15, 0.2) is 29.1 Å². The number of rotatable bonds is 3. The van der Waals surface area contributed by atoms with Crippen molar-refractivity contribution in [3.8, 4) is 0 Å². The number of amides is 1. The average molecular weight is 314 g/mol. The summed E-state index contributed by atoms with van der Waals surface area (Å²) < 4.78 is 1.42. The van der Waals surface area contributed by atoms with E-state index in [9.17, 15) is 9.59 Å². The van der Waals surface area contributed by atoms with Crippen molar-refractivity contribution in [2.45, 2.75) is 26.4 Å². The van der Waals surface area contributed by atoms with E-state index in [0.717, 1.165) is 19.5 Å². The lowest BCUT2D eigenvalue weighted by Gasteiger charge is -2.30. The van der Waals surface area contributed by atoms with E-state index in [1.165, 1.54) is 11.1 Å². The Kier molecular flexibility index (Phi) is 4.43. The molecule has 0 bridgehead atoms. The van der Waals surface area contributed by atoms with Crippen LogP contribution in [0.4, 0.5) is 0 Å². The monoisotopic (exact) mass is 314 g/mol. The van der Waals surface area contributed by atoms with E-state index in [0.29, 0.717) is 29.1 Å². The lowest BCUT2D eigenvalue weighted by atomic mass is 10.0. The second kappa shape index (κ2) is 6.50. The summed E-state index contributed by atoms with van der Waals surface area (Å²) in [5.41, 5.74) is 0.152. The summed E-state index contributed by atoms with van der Waals surface area (Å²) in [6.45, 7) is 4.56. The van der Waals surface area contributed by atoms with Gasteiger partial charge in [0.2, 0.25) is 0 Å². The number of carbonyl (C=O) groups is 1. The predicted molar refractivity (Wildman–Crippen MR) is 89.4 cm³/mol. The molecule has 1 saturated heterocycles. The van der Waals surface area contributed by atoms with Crippen molar-refractivity contribution in [3.63, 3.8) is 0 Å². The van der Waals surface area contributed by atoms with E-state index >= 15 is 0 Å². The van der Waals surface area contributed by atoms with E-state index in [4.69, 9.17) is 0 Å². The Bertz CT molecular complexity index is 784. The maximum atomic E-state index is 12.7. The molecule has 1 N–H and O–H groups in total. The number of nitrogens with zero attached hydrogens (tertiary/aromatic N) is 3. The third-order valence-electron chi connectivity index (χ3n) is 4.38. The van der Waals surface area contributed by atoms with Gasteiger partial charge in [-0.1, -0.05) is 25.1 Å². The van der Waals surface area contributed by atoms with Crippen molar-refractivity contribution in [1.29, 1.82) is 0 Å². The number of fused-ring (bicyclic) bond motifs is 1. The minimum atomic E-state index is -0.276. The van der Waals surface area contributed by atoms with Crippen LogP contribution < -0.4 is 10.9 Å². The maximum Gasteiger partial charge on any atom is 0.275 e. The number of likely N-dealkylation sites (tertiary alicyclic amines) is 1. The van der Waals surface area contributed by atoms with Crippen LogP contribution in [0.3, 0.4) is 0 Å². The average Bonchev–Trinajstić information content (AvgIpc) is 2.57. The molecule has 1 aliphatic heterocycles. The Balaban J connectivity index is 2.04. The second-order valence-electron chi connectivity index (χ2n) is 6.24. The minimum Gasteiger partial charge on any atom is -0.354 e. The normalized spacial score (nSPS) is 19.0. The van der Waals surface area contributed by atoms with Gasteiger partial charge in [-0.15, -0.1) is 0 Å². The van der Waals surface area contributed by atoms with Crippen molar-refractivity contribution in [2.24, 2.45) is 5.92 Å². The van der Waals surface area contributed by atoms with Gasteiger partial charge in [-0.05, 0) is 31.4 Å². The summed E-state index contributed by atoms with van der Waals surface area (Å²) in [5, 5.41) is 8.07. The highest BCUT2D eigenvalue weighted by Crippen LogP contribution is 2.17. The standard InChI is InChI=1S/C17H22N4O2/c1-12-6-5-9-20(10-12)11-21-17(23)14-8-4-3-7-13(14)15(19-21)16(22)18-2/h3-4,7-8,12H,5-6,9-11H2,1-2H3,(H,18,22)/t12-/m0/s1. The predicted octanol–water partition coefficient (Wildman–Crippen LogP) is 1.45. The summed E-state index contributed by atoms with van der Waals surface area (Å²) in [5.74, 6) is 0.347. The van der Waals surface area contributed by atoms with Crippen molar-refractivity contribution in [3.05, 3.63) is 40.3 Å². The fourth-order valence-electron chi connectivity index (χ4n) is 3.22. The molecule has 1 fully saturated rings. The first-order valence-electron chi connectivity index (χ1n) is 8.04. The molecule has 1 aromatic carbocycles. The molecule has 6 heteroatoms. The Morgan fingerprint density at radius 1 is 1.35 bits per heavy atom. The highest BCUT2D eigenvalue weighted by atomic mass is 16.2. The number of hydrogen-bond acceptors (Lipinski definition) is 4. The summed E-state index contributed by atoms with van der Waals surface area (Å²) >= 11 is 0. The molecule has 2 heterocycles. The first kappa shape index (κ1) is 15.7. The quantitative estimate of drug-likeness (QED) is 0.931. The Morgan fingerprint density at radius 3 is 2.78 bits per heavy atom. The van der Waals surface area contributed by atoms with Crippen LogP contribution in [0.1, 0.15) is 30.3 Å². The number of benzene rings is 1. The number of aromatic nitrogens is 2. The van der Waals surface area contributed by atoms with E-state index in [1.807, 2.05) is 12.1 Å². The molecule has 0 unspecified atom stereocenters. The van der Waals surface area contributed by atoms with Crippen LogP contribution in [0.2, 0.25) is 0 Å². The fraction of sp³-hybridized carbons (Fsp3) is 0.471. The number of piperidine rings is 1. The van der Waals surface area contributed by atoms with Crippen LogP contribution in [0.5, 0.6) is 0 Å². The summed E-state index contributed by atoms with van der Waals surface area (Å²) in [7, 11) is 1.57. The molecule has 23 heavy (non-hydrogen) atoms. The van der Waals surface area contributed by atoms with Gasteiger partial charge in [-0.2, -0.15) is 5.10 Å². The Morgan fingerprint density at radius 2 is 2.09 bits per heavy atom. The van der Waals surface area contributed by atoms with Crippen LogP contribution in [-0.2, 0) is 6.67 Å². The van der Waals surface area contributed by atoms with E-state index in [2.05, 4.69) is 22.2 Å². The summed E-state index contributed by atoms with van der Waals surface area (Å²) in [6, 6.07) is 7.14. The van der Waals surface area contributed by atoms with E-state index < -0.39 is 0 Å². The largest absolute Gasteiger partial charge is 0.354 e. The highest BCUT2D eigenvalue weighted by Gasteiger charge is 2.20. The van der Waals surface area contributed by atoms with Gasteiger partial charge >= 0.3 is 0 Å². The molecule has 2 aromatic rings. The molecule has 0 saturated carbocycles. The molecule has 1 aromatic heterocycles. The molecule has 0 aliphatic carbocycles. The molecule has 122 valence electrons. The van der Waals surface area contributed by atoms with Gasteiger partial charge in [-0.25, -0.2) is 4.68 Å². The van der Waals surface area contributed by atoms with Gasteiger partial charge in [0.1, 0.15) is 0 Å². The third-order valence-corrected chi connectivity index (χ3v) is 4.38. The van der Waals surface area contributed by atoms with Crippen molar-refractivity contribution in [2.75, 3.05) is 20.1 Å². The maximum absolute atomic E-state index is 12.7. The second-order valence-corrected chi connectivity index (χ2v) is 6.24. The van der Waals surface area contributed by atoms with E-state index in [1.54, 1.807) is 19.2 Å². The zero-order valence-corrected chi connectivity index (χ0v) is 13.6. The topological polar surface area (TPSA) is 67.2 Å². The Hall–Kier alpha value is -2.21. The van der Waals surface area contributed by atoms with Crippen molar-refractivity contribution < 1.29 is 4.79 Å². The smallest absolute Gasteiger partial charge is 0.275 e. The molecule has 6 nitrogen and oxygen atoms in total. The number of hydrogen-bond donors (Lipinski definition) is 1. The zero-order chi connectivity index (χ0) is 16.4. The molecule has 1 amide bonds. The molecule has 3 rings (SSSR count). The van der Waals surface area contributed by atoms with Crippen LogP contribution in [-0.4, -0.2) is 40.7 Å². The molecular weight excluding hydrogens is 292 g/mol. The SMILES string of the molecule is CNC(=O)c1nn(CN2CCC[C@H](C)C2)c(=O)c2ccccc12. The van der Waals surface area contributed by atoms with Gasteiger partial charge in [0.25, 0.3) is 11.5 Å². The first-order valence-corrected chi connectivity index (χ1v) is 8.04. The van der Waals surface area contributed by atoms with Crippen LogP contribution in [0.25, 0.3) is 10.8 Å². The fourth-order valence-corrected chi connectivity index (χ4v) is 3.22. The minimum absolute atomic E-state index is 0.147. The molecule has 0 spiro atoms. The highest BCUT2D eigenvalue weighted by molar-refractivity contribution is 6.04. The van der Waals surface area contributed by atoms with Crippen LogP contribution in [0, 0.1) is 5.92 Å². The van der Waals surface area contributed by atoms with Crippen LogP contribution >= 0.6 is 0 Å². The molecule has 1 aliphatic rings. The van der Waals surface area contributed by atoms with Gasteiger partial charge in [0.15, 0.2) is 5.69 Å². The Labute approximate surface area is 135 Å². The van der Waals surface area contributed by atoms with Crippen molar-refractivity contribution >= 4 is 16.7 Å². The molecule has 0 radical (unpaired) electrons. The summed E-state index contributed by atoms with van der Waals surface area (Å²) in [4.78, 5) is 27.0. The molecule has 1 atom stereocenters. The summed E-state index contributed by atoms with van der Waals surface area (Å²) in [6.07, 6.45) is 2.35. The number of nitrogens with one attached hydrogen (secondary N) is 1. The van der Waals surface area contributed by atoms with Gasteiger partial charge in [0, 0.05) is 19.0 Å². The lowest BCUT2D eigenvalue weighted by molar-refractivity contribution is 0.0952. The van der Waals surface area contributed by atoms with Gasteiger partial charge in [0.05, 0.1) is 12.1 Å². The third kappa shape index (κ3) is 3.12. The first-order chi connectivity index (χ1) is 11.1. The zero-order valence-electron chi connectivity index (χ0n) is 13.6. The van der Waals surface area contributed by atoms with Crippen molar-refractivity contribution in [1.82, 2.24) is 20.0 Å². The number of carbonyl (C=O) groups excluding carboxylic acids is 1. The lowest BCUT2D eigenvalue weighted by Crippen LogP contribution is -2.40. The van der Waals surface area contributed by atoms with Gasteiger partial charge < -0.3 is 5.32 Å². The van der Waals surface area contributed by atoms with Gasteiger partial charge in [-0.3, -0.25) is 14.5 Å².